The van der Waals surface area contributed by atoms with Gasteiger partial charge in [-0.3, -0.25) is 9.59 Å². The molecule has 0 aliphatic carbocycles. The zero-order valence-corrected chi connectivity index (χ0v) is 16.6. The number of hydrogen-bond donors (Lipinski definition) is 2. The lowest BCUT2D eigenvalue weighted by Gasteiger charge is -2.32. The second kappa shape index (κ2) is 9.67. The summed E-state index contributed by atoms with van der Waals surface area (Å²) in [4.78, 5) is 24.9. The molecule has 2 N–H and O–H groups in total. The third-order valence-corrected chi connectivity index (χ3v) is 5.95. The summed E-state index contributed by atoms with van der Waals surface area (Å²) in [7, 11) is 0. The van der Waals surface area contributed by atoms with Gasteiger partial charge in [-0.1, -0.05) is 41.5 Å². The van der Waals surface area contributed by atoms with Crippen LogP contribution in [0.4, 0.5) is 0 Å². The number of rotatable bonds is 1. The number of ether oxygens (including phenoxy) is 1. The Bertz CT molecular complexity index is 449. The van der Waals surface area contributed by atoms with Gasteiger partial charge in [0.25, 0.3) is 0 Å². The molecule has 5 nitrogen and oxygen atoms in total. The molecule has 0 radical (unpaired) electrons. The van der Waals surface area contributed by atoms with Crippen LogP contribution in [0.25, 0.3) is 0 Å². The highest BCUT2D eigenvalue weighted by Gasteiger charge is 2.35. The Balaban J connectivity index is 3.04. The number of hydrogen-bond acceptors (Lipinski definition) is 5. The van der Waals surface area contributed by atoms with Gasteiger partial charge in [0.05, 0.1) is 18.1 Å². The van der Waals surface area contributed by atoms with Gasteiger partial charge in [0.1, 0.15) is 11.9 Å². The van der Waals surface area contributed by atoms with E-state index in [4.69, 9.17) is 4.74 Å². The number of carbonyl (C=O) groups is 2. The van der Waals surface area contributed by atoms with Crippen molar-refractivity contribution in [2.45, 2.75) is 85.5 Å². The average Bonchev–Trinajstić information content (AvgIpc) is 2.59. The van der Waals surface area contributed by atoms with Gasteiger partial charge in [-0.2, -0.15) is 0 Å². The van der Waals surface area contributed by atoms with E-state index >= 15 is 0 Å². The number of esters is 1. The van der Waals surface area contributed by atoms with Crippen LogP contribution in [0, 0.1) is 29.6 Å². The summed E-state index contributed by atoms with van der Waals surface area (Å²) in [5.74, 6) is -1.50. The van der Waals surface area contributed by atoms with Crippen LogP contribution in [0.15, 0.2) is 0 Å². The zero-order chi connectivity index (χ0) is 19.3. The van der Waals surface area contributed by atoms with E-state index in [1.165, 1.54) is 0 Å². The summed E-state index contributed by atoms with van der Waals surface area (Å²) in [5.41, 5.74) is 0. The molecule has 0 aromatic heterocycles. The highest BCUT2D eigenvalue weighted by atomic mass is 16.5. The van der Waals surface area contributed by atoms with E-state index in [2.05, 4.69) is 0 Å². The molecule has 1 aliphatic rings. The Labute approximate surface area is 152 Å². The number of Topliss-reactive ketones (excluding diaryl/α,β-unsaturated/α-hetero) is 1. The predicted molar refractivity (Wildman–Crippen MR) is 96.9 cm³/mol. The molecule has 5 heteroatoms. The topological polar surface area (TPSA) is 83.8 Å². The second-order valence-corrected chi connectivity index (χ2v) is 8.11. The molecule has 1 fully saturated rings. The summed E-state index contributed by atoms with van der Waals surface area (Å²) < 4.78 is 5.64. The van der Waals surface area contributed by atoms with Crippen LogP contribution in [0.1, 0.15) is 67.2 Å². The highest BCUT2D eigenvalue weighted by Crippen LogP contribution is 2.28. The lowest BCUT2D eigenvalue weighted by Crippen LogP contribution is -2.40. The first-order valence-corrected chi connectivity index (χ1v) is 9.69. The molecule has 0 aromatic carbocycles. The molecule has 1 rings (SSSR count). The van der Waals surface area contributed by atoms with E-state index < -0.39 is 24.2 Å². The van der Waals surface area contributed by atoms with E-state index in [1.807, 2.05) is 34.6 Å². The van der Waals surface area contributed by atoms with Gasteiger partial charge >= 0.3 is 5.97 Å². The van der Waals surface area contributed by atoms with Gasteiger partial charge in [0, 0.05) is 18.3 Å². The number of ketones is 1. The predicted octanol–water partition coefficient (Wildman–Crippen LogP) is 2.96. The molecule has 1 saturated heterocycles. The van der Waals surface area contributed by atoms with Crippen molar-refractivity contribution in [3.63, 3.8) is 0 Å². The Morgan fingerprint density at radius 2 is 1.60 bits per heavy atom. The van der Waals surface area contributed by atoms with Crippen LogP contribution in [-0.2, 0) is 14.3 Å². The first-order chi connectivity index (χ1) is 11.6. The lowest BCUT2D eigenvalue weighted by atomic mass is 9.81. The maximum atomic E-state index is 12.4. The van der Waals surface area contributed by atoms with Crippen molar-refractivity contribution in [1.82, 2.24) is 0 Å². The van der Waals surface area contributed by atoms with Gasteiger partial charge in [-0.05, 0) is 31.1 Å². The second-order valence-electron chi connectivity index (χ2n) is 8.11. The summed E-state index contributed by atoms with van der Waals surface area (Å²) in [6, 6.07) is 0. The summed E-state index contributed by atoms with van der Waals surface area (Å²) in [6.45, 7) is 11.2. The van der Waals surface area contributed by atoms with Crippen molar-refractivity contribution < 1.29 is 24.5 Å². The fourth-order valence-corrected chi connectivity index (χ4v) is 3.82. The van der Waals surface area contributed by atoms with Crippen molar-refractivity contribution in [3.05, 3.63) is 0 Å². The van der Waals surface area contributed by atoms with Gasteiger partial charge < -0.3 is 14.9 Å². The first-order valence-electron chi connectivity index (χ1n) is 9.69. The largest absolute Gasteiger partial charge is 0.462 e. The van der Waals surface area contributed by atoms with E-state index in [0.29, 0.717) is 25.7 Å². The molecule has 0 saturated carbocycles. The average molecular weight is 357 g/mol. The van der Waals surface area contributed by atoms with Crippen LogP contribution < -0.4 is 0 Å². The third kappa shape index (κ3) is 5.78. The summed E-state index contributed by atoms with van der Waals surface area (Å²) in [5, 5.41) is 21.1. The Kier molecular flexibility index (Phi) is 8.55. The van der Waals surface area contributed by atoms with Crippen LogP contribution in [-0.4, -0.2) is 40.3 Å². The molecule has 1 heterocycles. The van der Waals surface area contributed by atoms with E-state index in [-0.39, 0.29) is 35.4 Å². The minimum absolute atomic E-state index is 0.00217. The SMILES string of the molecule is CC[C@H]1OC(=O)C(C)C[C@H](C)[C@@H](O)[C@@H](C)CCC(=O)[C@H](C)[C@@H](O)[C@H]1C. The highest BCUT2D eigenvalue weighted by molar-refractivity contribution is 5.81. The molecule has 146 valence electrons. The van der Waals surface area contributed by atoms with E-state index in [0.717, 1.165) is 0 Å². The van der Waals surface area contributed by atoms with Gasteiger partial charge in [-0.15, -0.1) is 0 Å². The third-order valence-electron chi connectivity index (χ3n) is 5.95. The van der Waals surface area contributed by atoms with Crippen molar-refractivity contribution in [1.29, 1.82) is 0 Å². The van der Waals surface area contributed by atoms with Crippen molar-refractivity contribution in [2.75, 3.05) is 0 Å². The monoisotopic (exact) mass is 356 g/mol. The molecule has 25 heavy (non-hydrogen) atoms. The molecule has 8 atom stereocenters. The first kappa shape index (κ1) is 22.1. The number of aliphatic hydroxyl groups excluding tert-OH is 2. The van der Waals surface area contributed by atoms with Crippen molar-refractivity contribution >= 4 is 11.8 Å². The number of aliphatic hydroxyl groups is 2. The maximum absolute atomic E-state index is 12.4. The molecule has 0 amide bonds. The van der Waals surface area contributed by atoms with E-state index in [1.54, 1.807) is 6.92 Å². The minimum atomic E-state index is -0.845. The number of carbonyl (C=O) groups excluding carboxylic acids is 2. The fourth-order valence-electron chi connectivity index (χ4n) is 3.82. The Hall–Kier alpha value is -0.940. The van der Waals surface area contributed by atoms with Gasteiger partial charge in [-0.25, -0.2) is 0 Å². The van der Waals surface area contributed by atoms with Crippen molar-refractivity contribution in [2.24, 2.45) is 29.6 Å². The molecule has 0 bridgehead atoms. The fraction of sp³-hybridized carbons (Fsp3) is 0.900. The quantitative estimate of drug-likeness (QED) is 0.706. The Morgan fingerprint density at radius 3 is 2.16 bits per heavy atom. The zero-order valence-electron chi connectivity index (χ0n) is 16.6. The molecular formula is C20H36O5. The van der Waals surface area contributed by atoms with Gasteiger partial charge in [0.15, 0.2) is 0 Å². The van der Waals surface area contributed by atoms with Gasteiger partial charge in [0.2, 0.25) is 0 Å². The normalized spacial score (nSPS) is 42.6. The summed E-state index contributed by atoms with van der Waals surface area (Å²) in [6.07, 6.45) is 0.250. The maximum Gasteiger partial charge on any atom is 0.308 e. The van der Waals surface area contributed by atoms with Crippen LogP contribution >= 0.6 is 0 Å². The Morgan fingerprint density at radius 1 is 1.00 bits per heavy atom. The standard InChI is InChI=1S/C20H36O5/c1-7-17-15(6)19(23)14(5)16(21)9-8-11(2)18(22)12(3)10-13(4)20(24)25-17/h11-15,17-19,22-23H,7-10H2,1-6H3/t11-,12-,13?,14-,15-,17+,18-,19+/m0/s1. The molecule has 0 aromatic rings. The number of cyclic esters (lactones) is 1. The molecule has 0 spiro atoms. The van der Waals surface area contributed by atoms with Crippen LogP contribution in [0.2, 0.25) is 0 Å². The lowest BCUT2D eigenvalue weighted by molar-refractivity contribution is -0.160. The molecule has 1 unspecified atom stereocenters. The van der Waals surface area contributed by atoms with Crippen LogP contribution in [0.3, 0.4) is 0 Å². The smallest absolute Gasteiger partial charge is 0.308 e. The van der Waals surface area contributed by atoms with Crippen molar-refractivity contribution in [3.8, 4) is 0 Å². The molecular weight excluding hydrogens is 320 g/mol. The van der Waals surface area contributed by atoms with E-state index in [9.17, 15) is 19.8 Å². The molecule has 1 aliphatic heterocycles. The minimum Gasteiger partial charge on any atom is -0.462 e. The summed E-state index contributed by atoms with van der Waals surface area (Å²) >= 11 is 0. The van der Waals surface area contributed by atoms with Crippen LogP contribution in [0.5, 0.6) is 0 Å².